The van der Waals surface area contributed by atoms with Gasteiger partial charge in [0.05, 0.1) is 6.61 Å². The summed E-state index contributed by atoms with van der Waals surface area (Å²) in [7, 11) is 2.10. The maximum absolute atomic E-state index is 12.0. The summed E-state index contributed by atoms with van der Waals surface area (Å²) >= 11 is 6.06. The van der Waals surface area contributed by atoms with Gasteiger partial charge in [0.1, 0.15) is 6.61 Å². The lowest BCUT2D eigenvalue weighted by atomic mass is 10.0. The number of benzene rings is 2. The summed E-state index contributed by atoms with van der Waals surface area (Å²) in [6, 6.07) is 13.5. The standard InChI is InChI=1S/C19H21ClN2O2/c1-22-10-4-6-14-11-16(8-9-18(14)22)21-19(23)13-24-12-15-5-2-3-7-17(15)20/h2-3,5,7-9,11H,4,6,10,12-13H2,1H3,(H,21,23). The molecule has 1 aliphatic rings. The highest BCUT2D eigenvalue weighted by molar-refractivity contribution is 6.31. The van der Waals surface area contributed by atoms with Gasteiger partial charge in [-0.15, -0.1) is 0 Å². The predicted octanol–water partition coefficient (Wildman–Crippen LogP) is 3.88. The molecule has 0 saturated heterocycles. The molecule has 24 heavy (non-hydrogen) atoms. The fourth-order valence-electron chi connectivity index (χ4n) is 2.93. The molecule has 126 valence electrons. The Morgan fingerprint density at radius 2 is 2.12 bits per heavy atom. The quantitative estimate of drug-likeness (QED) is 0.895. The highest BCUT2D eigenvalue weighted by Crippen LogP contribution is 2.28. The third-order valence-electron chi connectivity index (χ3n) is 4.16. The second kappa shape index (κ2) is 7.69. The van der Waals surface area contributed by atoms with Crippen molar-refractivity contribution in [1.82, 2.24) is 0 Å². The molecule has 0 fully saturated rings. The highest BCUT2D eigenvalue weighted by Gasteiger charge is 2.14. The molecule has 1 amide bonds. The molecule has 0 radical (unpaired) electrons. The number of aryl methyl sites for hydroxylation is 1. The van der Waals surface area contributed by atoms with Gasteiger partial charge in [0.15, 0.2) is 0 Å². The number of carbonyl (C=O) groups excluding carboxylic acids is 1. The molecule has 0 aromatic heterocycles. The monoisotopic (exact) mass is 344 g/mol. The van der Waals surface area contributed by atoms with Crippen LogP contribution in [0.5, 0.6) is 0 Å². The first-order valence-electron chi connectivity index (χ1n) is 8.08. The number of carbonyl (C=O) groups is 1. The van der Waals surface area contributed by atoms with Gasteiger partial charge in [-0.2, -0.15) is 0 Å². The summed E-state index contributed by atoms with van der Waals surface area (Å²) in [5.74, 6) is -0.161. The van der Waals surface area contributed by atoms with Crippen molar-refractivity contribution in [3.8, 4) is 0 Å². The largest absolute Gasteiger partial charge is 0.374 e. The van der Waals surface area contributed by atoms with Crippen LogP contribution in [0.1, 0.15) is 17.5 Å². The summed E-state index contributed by atoms with van der Waals surface area (Å²) in [6.45, 7) is 1.40. The molecule has 1 N–H and O–H groups in total. The van der Waals surface area contributed by atoms with Gasteiger partial charge in [0.2, 0.25) is 5.91 Å². The summed E-state index contributed by atoms with van der Waals surface area (Å²) in [5.41, 5.74) is 4.21. The third-order valence-corrected chi connectivity index (χ3v) is 4.53. The number of nitrogens with one attached hydrogen (secondary N) is 1. The van der Waals surface area contributed by atoms with Gasteiger partial charge < -0.3 is 15.0 Å². The van der Waals surface area contributed by atoms with Gasteiger partial charge in [0, 0.05) is 30.0 Å². The Morgan fingerprint density at radius 1 is 1.29 bits per heavy atom. The fraction of sp³-hybridized carbons (Fsp3) is 0.316. The zero-order valence-corrected chi connectivity index (χ0v) is 14.5. The van der Waals surface area contributed by atoms with E-state index in [4.69, 9.17) is 16.3 Å². The Balaban J connectivity index is 1.53. The lowest BCUT2D eigenvalue weighted by Gasteiger charge is -2.27. The SMILES string of the molecule is CN1CCCc2cc(NC(=O)COCc3ccccc3Cl)ccc21. The molecule has 0 unspecified atom stereocenters. The minimum Gasteiger partial charge on any atom is -0.374 e. The summed E-state index contributed by atoms with van der Waals surface area (Å²) in [4.78, 5) is 14.3. The van der Waals surface area contributed by atoms with Crippen molar-refractivity contribution >= 4 is 28.9 Å². The first kappa shape index (κ1) is 16.8. The molecule has 0 atom stereocenters. The number of hydrogen-bond acceptors (Lipinski definition) is 3. The molecular formula is C19H21ClN2O2. The minimum absolute atomic E-state index is 0.00219. The molecular weight excluding hydrogens is 324 g/mol. The summed E-state index contributed by atoms with van der Waals surface area (Å²) < 4.78 is 5.46. The first-order valence-corrected chi connectivity index (χ1v) is 8.46. The van der Waals surface area contributed by atoms with Gasteiger partial charge in [0.25, 0.3) is 0 Å². The van der Waals surface area contributed by atoms with E-state index in [2.05, 4.69) is 29.4 Å². The molecule has 4 nitrogen and oxygen atoms in total. The van der Waals surface area contributed by atoms with Crippen LogP contribution in [-0.2, 0) is 22.6 Å². The van der Waals surface area contributed by atoms with E-state index >= 15 is 0 Å². The number of rotatable bonds is 5. The highest BCUT2D eigenvalue weighted by atomic mass is 35.5. The van der Waals surface area contributed by atoms with Crippen LogP contribution in [0, 0.1) is 0 Å². The molecule has 1 heterocycles. The van der Waals surface area contributed by atoms with Gasteiger partial charge in [-0.05, 0) is 48.2 Å². The number of hydrogen-bond donors (Lipinski definition) is 1. The molecule has 2 aromatic carbocycles. The average molecular weight is 345 g/mol. The van der Waals surface area contributed by atoms with Crippen molar-refractivity contribution in [2.24, 2.45) is 0 Å². The van der Waals surface area contributed by atoms with E-state index in [1.807, 2.05) is 30.3 Å². The smallest absolute Gasteiger partial charge is 0.250 e. The van der Waals surface area contributed by atoms with Crippen molar-refractivity contribution < 1.29 is 9.53 Å². The van der Waals surface area contributed by atoms with E-state index in [1.165, 1.54) is 11.3 Å². The normalized spacial score (nSPS) is 13.5. The summed E-state index contributed by atoms with van der Waals surface area (Å²) in [5, 5.41) is 3.54. The lowest BCUT2D eigenvalue weighted by molar-refractivity contribution is -0.121. The van der Waals surface area contributed by atoms with Crippen LogP contribution in [0.25, 0.3) is 0 Å². The lowest BCUT2D eigenvalue weighted by Crippen LogP contribution is -2.25. The van der Waals surface area contributed by atoms with E-state index in [0.29, 0.717) is 11.6 Å². The number of halogens is 1. The van der Waals surface area contributed by atoms with E-state index in [1.54, 1.807) is 0 Å². The number of nitrogens with zero attached hydrogens (tertiary/aromatic N) is 1. The molecule has 0 aliphatic carbocycles. The van der Waals surface area contributed by atoms with E-state index < -0.39 is 0 Å². The molecule has 3 rings (SSSR count). The van der Waals surface area contributed by atoms with Crippen molar-refractivity contribution in [2.45, 2.75) is 19.4 Å². The van der Waals surface area contributed by atoms with Gasteiger partial charge >= 0.3 is 0 Å². The van der Waals surface area contributed by atoms with Crippen LogP contribution in [-0.4, -0.2) is 26.1 Å². The van der Waals surface area contributed by atoms with Crippen molar-refractivity contribution in [2.75, 3.05) is 30.4 Å². The predicted molar refractivity (Wildman–Crippen MR) is 97.8 cm³/mol. The number of ether oxygens (including phenoxy) is 1. The van der Waals surface area contributed by atoms with Crippen LogP contribution in [0.15, 0.2) is 42.5 Å². The van der Waals surface area contributed by atoms with Crippen LogP contribution in [0.2, 0.25) is 5.02 Å². The Bertz CT molecular complexity index is 733. The Hall–Kier alpha value is -2.04. The first-order chi connectivity index (χ1) is 11.6. The molecule has 2 aromatic rings. The Labute approximate surface area is 147 Å². The van der Waals surface area contributed by atoms with Crippen LogP contribution >= 0.6 is 11.6 Å². The maximum atomic E-state index is 12.0. The second-order valence-electron chi connectivity index (χ2n) is 6.00. The van der Waals surface area contributed by atoms with Crippen LogP contribution in [0.3, 0.4) is 0 Å². The molecule has 5 heteroatoms. The van der Waals surface area contributed by atoms with Gasteiger partial charge in [-0.25, -0.2) is 0 Å². The fourth-order valence-corrected chi connectivity index (χ4v) is 3.12. The van der Waals surface area contributed by atoms with Crippen LogP contribution in [0.4, 0.5) is 11.4 Å². The van der Waals surface area contributed by atoms with E-state index in [-0.39, 0.29) is 12.5 Å². The zero-order valence-electron chi connectivity index (χ0n) is 13.7. The second-order valence-corrected chi connectivity index (χ2v) is 6.41. The zero-order chi connectivity index (χ0) is 16.9. The summed E-state index contributed by atoms with van der Waals surface area (Å²) in [6.07, 6.45) is 2.19. The van der Waals surface area contributed by atoms with Gasteiger partial charge in [-0.1, -0.05) is 29.8 Å². The number of fused-ring (bicyclic) bond motifs is 1. The topological polar surface area (TPSA) is 41.6 Å². The molecule has 0 bridgehead atoms. The molecule has 1 aliphatic heterocycles. The van der Waals surface area contributed by atoms with Crippen molar-refractivity contribution in [3.05, 3.63) is 58.6 Å². The van der Waals surface area contributed by atoms with Crippen molar-refractivity contribution in [1.29, 1.82) is 0 Å². The van der Waals surface area contributed by atoms with Crippen molar-refractivity contribution in [3.63, 3.8) is 0 Å². The Morgan fingerprint density at radius 3 is 2.96 bits per heavy atom. The average Bonchev–Trinajstić information content (AvgIpc) is 2.57. The van der Waals surface area contributed by atoms with Gasteiger partial charge in [-0.3, -0.25) is 4.79 Å². The Kier molecular flexibility index (Phi) is 5.38. The molecule has 0 saturated carbocycles. The van der Waals surface area contributed by atoms with Crippen LogP contribution < -0.4 is 10.2 Å². The van der Waals surface area contributed by atoms with E-state index in [0.717, 1.165) is 30.6 Å². The minimum atomic E-state index is -0.161. The number of anilines is 2. The van der Waals surface area contributed by atoms with E-state index in [9.17, 15) is 4.79 Å². The molecule has 0 spiro atoms. The third kappa shape index (κ3) is 4.08. The number of amides is 1. The maximum Gasteiger partial charge on any atom is 0.250 e.